The van der Waals surface area contributed by atoms with Gasteiger partial charge in [-0.1, -0.05) is 26.8 Å². The summed E-state index contributed by atoms with van der Waals surface area (Å²) < 4.78 is 34.2. The SMILES string of the molecule is CCN(C)S(=O)(=O)Nc1cccc(Oc2ccc3ncc(C(C)C)nc3c2)c1C#N. The van der Waals surface area contributed by atoms with Gasteiger partial charge in [0.1, 0.15) is 23.1 Å². The van der Waals surface area contributed by atoms with Gasteiger partial charge in [-0.3, -0.25) is 9.71 Å². The van der Waals surface area contributed by atoms with Crippen LogP contribution in [-0.4, -0.2) is 36.3 Å². The van der Waals surface area contributed by atoms with Crippen LogP contribution in [0.3, 0.4) is 0 Å². The van der Waals surface area contributed by atoms with Gasteiger partial charge >= 0.3 is 10.2 Å². The van der Waals surface area contributed by atoms with Crippen LogP contribution in [0.25, 0.3) is 11.0 Å². The molecule has 9 heteroatoms. The minimum atomic E-state index is -3.77. The lowest BCUT2D eigenvalue weighted by Gasteiger charge is -2.18. The first-order valence-electron chi connectivity index (χ1n) is 9.47. The van der Waals surface area contributed by atoms with Crippen molar-refractivity contribution in [1.82, 2.24) is 14.3 Å². The third-order valence-corrected chi connectivity index (χ3v) is 6.14. The van der Waals surface area contributed by atoms with E-state index in [9.17, 15) is 13.7 Å². The van der Waals surface area contributed by atoms with E-state index >= 15 is 0 Å². The van der Waals surface area contributed by atoms with Crippen molar-refractivity contribution in [3.05, 3.63) is 53.9 Å². The fraction of sp³-hybridized carbons (Fsp3) is 0.286. The molecule has 0 aliphatic carbocycles. The first-order valence-corrected chi connectivity index (χ1v) is 10.9. The number of fused-ring (bicyclic) bond motifs is 1. The summed E-state index contributed by atoms with van der Waals surface area (Å²) in [4.78, 5) is 9.02. The molecule has 0 unspecified atom stereocenters. The molecule has 1 N–H and O–H groups in total. The van der Waals surface area contributed by atoms with Gasteiger partial charge < -0.3 is 4.74 Å². The molecule has 0 bridgehead atoms. The topological polar surface area (TPSA) is 108 Å². The van der Waals surface area contributed by atoms with Crippen LogP contribution in [-0.2, 0) is 10.2 Å². The van der Waals surface area contributed by atoms with E-state index in [1.165, 1.54) is 13.1 Å². The van der Waals surface area contributed by atoms with Crippen LogP contribution in [0, 0.1) is 11.3 Å². The molecule has 0 saturated heterocycles. The Hall–Kier alpha value is -3.22. The lowest BCUT2D eigenvalue weighted by Crippen LogP contribution is -2.32. The van der Waals surface area contributed by atoms with Crippen molar-refractivity contribution in [2.45, 2.75) is 26.7 Å². The molecule has 3 rings (SSSR count). The fourth-order valence-corrected chi connectivity index (χ4v) is 3.62. The van der Waals surface area contributed by atoms with Crippen molar-refractivity contribution in [3.8, 4) is 17.6 Å². The molecule has 30 heavy (non-hydrogen) atoms. The Morgan fingerprint density at radius 1 is 1.23 bits per heavy atom. The highest BCUT2D eigenvalue weighted by atomic mass is 32.2. The van der Waals surface area contributed by atoms with E-state index in [1.807, 2.05) is 19.9 Å². The normalized spacial score (nSPS) is 11.6. The number of nitrogens with zero attached hydrogens (tertiary/aromatic N) is 4. The molecular formula is C21H23N5O3S. The summed E-state index contributed by atoms with van der Waals surface area (Å²) in [5, 5.41) is 9.64. The Kier molecular flexibility index (Phi) is 6.20. The number of rotatable bonds is 7. The average molecular weight is 426 g/mol. The first kappa shape index (κ1) is 21.5. The van der Waals surface area contributed by atoms with Crippen molar-refractivity contribution >= 4 is 26.9 Å². The van der Waals surface area contributed by atoms with Gasteiger partial charge in [-0.2, -0.15) is 18.0 Å². The van der Waals surface area contributed by atoms with Gasteiger partial charge in [0.05, 0.1) is 22.4 Å². The molecule has 0 amide bonds. The van der Waals surface area contributed by atoms with E-state index in [0.717, 1.165) is 15.5 Å². The van der Waals surface area contributed by atoms with Crippen LogP contribution in [0.5, 0.6) is 11.5 Å². The lowest BCUT2D eigenvalue weighted by molar-refractivity contribution is 0.481. The second-order valence-electron chi connectivity index (χ2n) is 7.01. The van der Waals surface area contributed by atoms with Gasteiger partial charge in [-0.05, 0) is 30.2 Å². The minimum Gasteiger partial charge on any atom is -0.456 e. The van der Waals surface area contributed by atoms with Crippen LogP contribution in [0.2, 0.25) is 0 Å². The van der Waals surface area contributed by atoms with E-state index in [-0.39, 0.29) is 22.9 Å². The summed E-state index contributed by atoms with van der Waals surface area (Å²) in [7, 11) is -2.31. The third kappa shape index (κ3) is 4.50. The molecule has 0 aliphatic heterocycles. The second-order valence-corrected chi connectivity index (χ2v) is 8.79. The van der Waals surface area contributed by atoms with Gasteiger partial charge in [0, 0.05) is 25.9 Å². The number of nitriles is 1. The maximum Gasteiger partial charge on any atom is 0.301 e. The third-order valence-electron chi connectivity index (χ3n) is 4.58. The Balaban J connectivity index is 1.96. The molecule has 2 aromatic carbocycles. The first-order chi connectivity index (χ1) is 14.2. The Bertz CT molecular complexity index is 1220. The zero-order valence-corrected chi connectivity index (χ0v) is 18.1. The van der Waals surface area contributed by atoms with Gasteiger partial charge in [-0.25, -0.2) is 4.98 Å². The number of benzene rings is 2. The van der Waals surface area contributed by atoms with Gasteiger partial charge in [0.25, 0.3) is 0 Å². The van der Waals surface area contributed by atoms with E-state index in [4.69, 9.17) is 4.74 Å². The van der Waals surface area contributed by atoms with Crippen LogP contribution in [0.4, 0.5) is 5.69 Å². The van der Waals surface area contributed by atoms with Crippen molar-refractivity contribution in [2.24, 2.45) is 0 Å². The summed E-state index contributed by atoms with van der Waals surface area (Å²) in [5.41, 5.74) is 2.52. The number of hydrogen-bond acceptors (Lipinski definition) is 6. The molecule has 1 heterocycles. The Labute approximate surface area is 176 Å². The summed E-state index contributed by atoms with van der Waals surface area (Å²) in [5.74, 6) is 0.951. The number of aromatic nitrogens is 2. The van der Waals surface area contributed by atoms with Crippen molar-refractivity contribution in [2.75, 3.05) is 18.3 Å². The van der Waals surface area contributed by atoms with Gasteiger partial charge in [0.2, 0.25) is 0 Å². The molecule has 0 spiro atoms. The van der Waals surface area contributed by atoms with Crippen molar-refractivity contribution in [3.63, 3.8) is 0 Å². The number of ether oxygens (including phenoxy) is 1. The second kappa shape index (κ2) is 8.65. The zero-order valence-electron chi connectivity index (χ0n) is 17.2. The van der Waals surface area contributed by atoms with Gasteiger partial charge in [0.15, 0.2) is 0 Å². The molecule has 3 aromatic rings. The molecule has 156 valence electrons. The molecular weight excluding hydrogens is 402 g/mol. The van der Waals surface area contributed by atoms with Crippen LogP contribution in [0.1, 0.15) is 37.9 Å². The van der Waals surface area contributed by atoms with Crippen LogP contribution >= 0.6 is 0 Å². The Morgan fingerprint density at radius 2 is 2.00 bits per heavy atom. The number of nitrogens with one attached hydrogen (secondary N) is 1. The number of anilines is 1. The summed E-state index contributed by atoms with van der Waals surface area (Å²) >= 11 is 0. The summed E-state index contributed by atoms with van der Waals surface area (Å²) in [6.45, 7) is 6.09. The summed E-state index contributed by atoms with van der Waals surface area (Å²) in [6, 6.07) is 12.0. The monoisotopic (exact) mass is 425 g/mol. The van der Waals surface area contributed by atoms with E-state index in [1.54, 1.807) is 43.5 Å². The maximum absolute atomic E-state index is 12.4. The largest absolute Gasteiger partial charge is 0.456 e. The molecule has 0 saturated carbocycles. The molecule has 0 fully saturated rings. The van der Waals surface area contributed by atoms with Crippen LogP contribution in [0.15, 0.2) is 42.6 Å². The highest BCUT2D eigenvalue weighted by Gasteiger charge is 2.19. The predicted octanol–water partition coefficient (Wildman–Crippen LogP) is 4.03. The highest BCUT2D eigenvalue weighted by molar-refractivity contribution is 7.90. The molecule has 0 radical (unpaired) electrons. The molecule has 0 aliphatic rings. The van der Waals surface area contributed by atoms with Gasteiger partial charge in [-0.15, -0.1) is 0 Å². The minimum absolute atomic E-state index is 0.0905. The number of hydrogen-bond donors (Lipinski definition) is 1. The van der Waals surface area contributed by atoms with Crippen molar-refractivity contribution in [1.29, 1.82) is 5.26 Å². The van der Waals surface area contributed by atoms with E-state index in [2.05, 4.69) is 14.7 Å². The standard InChI is InChI=1S/C21H23N5O3S/c1-5-26(4)30(27,28)25-17-7-6-8-21(16(17)12-22)29-15-9-10-18-19(11-15)24-20(13-23-18)14(2)3/h6-11,13-14,25H,5H2,1-4H3. The van der Waals surface area contributed by atoms with Crippen LogP contribution < -0.4 is 9.46 Å². The quantitative estimate of drug-likeness (QED) is 0.612. The maximum atomic E-state index is 12.4. The van der Waals surface area contributed by atoms with E-state index in [0.29, 0.717) is 17.8 Å². The lowest BCUT2D eigenvalue weighted by atomic mass is 10.1. The van der Waals surface area contributed by atoms with E-state index < -0.39 is 10.2 Å². The molecule has 0 atom stereocenters. The average Bonchev–Trinajstić information content (AvgIpc) is 2.72. The smallest absolute Gasteiger partial charge is 0.301 e. The highest BCUT2D eigenvalue weighted by Crippen LogP contribution is 2.32. The molecule has 8 nitrogen and oxygen atoms in total. The van der Waals surface area contributed by atoms with Crippen molar-refractivity contribution < 1.29 is 13.2 Å². The molecule has 1 aromatic heterocycles. The fourth-order valence-electron chi connectivity index (χ4n) is 2.68. The summed E-state index contributed by atoms with van der Waals surface area (Å²) in [6.07, 6.45) is 1.75. The zero-order chi connectivity index (χ0) is 21.9. The predicted molar refractivity (Wildman–Crippen MR) is 116 cm³/mol. The Morgan fingerprint density at radius 3 is 2.67 bits per heavy atom.